The third-order valence-electron chi connectivity index (χ3n) is 6.10. The summed E-state index contributed by atoms with van der Waals surface area (Å²) >= 11 is 0. The van der Waals surface area contributed by atoms with Gasteiger partial charge in [0.1, 0.15) is 0 Å². The number of pyridine rings is 1. The fraction of sp³-hybridized carbons (Fsp3) is 0.261. The number of carbonyl (C=O) groups is 1. The lowest BCUT2D eigenvalue weighted by atomic mass is 9.95. The van der Waals surface area contributed by atoms with Gasteiger partial charge in [-0.3, -0.25) is 9.59 Å². The predicted octanol–water partition coefficient (Wildman–Crippen LogP) is 3.90. The zero-order valence-electron chi connectivity index (χ0n) is 18.4. The summed E-state index contributed by atoms with van der Waals surface area (Å²) in [5.74, 6) is -2.93. The van der Waals surface area contributed by atoms with Crippen molar-refractivity contribution in [1.29, 1.82) is 0 Å². The molecule has 1 aliphatic rings. The molecule has 12 heteroatoms. The Morgan fingerprint density at radius 3 is 2.60 bits per heavy atom. The number of nitrogens with one attached hydrogen (secondary N) is 1. The highest BCUT2D eigenvalue weighted by atomic mass is 19.3. The van der Waals surface area contributed by atoms with Crippen LogP contribution in [0.5, 0.6) is 5.88 Å². The van der Waals surface area contributed by atoms with Gasteiger partial charge >= 0.3 is 6.55 Å². The SMILES string of the molecule is COc1c2ccc(C(=O)N(C)[C@@H]3COCc4[nH]c(=O)c5cc(F)c(F)cc5c43)cc2nn1C(F)F. The lowest BCUT2D eigenvalue weighted by molar-refractivity contribution is 0.0336. The van der Waals surface area contributed by atoms with Crippen LogP contribution in [0, 0.1) is 11.6 Å². The van der Waals surface area contributed by atoms with Crippen molar-refractivity contribution in [2.24, 2.45) is 0 Å². The van der Waals surface area contributed by atoms with E-state index in [1.54, 1.807) is 0 Å². The maximum absolute atomic E-state index is 14.1. The van der Waals surface area contributed by atoms with Gasteiger partial charge < -0.3 is 19.4 Å². The molecule has 8 nitrogen and oxygen atoms in total. The summed E-state index contributed by atoms with van der Waals surface area (Å²) in [7, 11) is 2.73. The monoisotopic (exact) mass is 490 g/mol. The number of amides is 1. The number of hydrogen-bond donors (Lipinski definition) is 1. The number of methoxy groups -OCH3 is 1. The molecule has 182 valence electrons. The van der Waals surface area contributed by atoms with E-state index in [9.17, 15) is 27.2 Å². The molecule has 4 aromatic rings. The number of aromatic amines is 1. The fourth-order valence-electron chi connectivity index (χ4n) is 4.44. The molecule has 0 fully saturated rings. The highest BCUT2D eigenvalue weighted by Gasteiger charge is 2.32. The molecule has 3 heterocycles. The average Bonchev–Trinajstić information content (AvgIpc) is 3.22. The van der Waals surface area contributed by atoms with E-state index in [1.165, 1.54) is 37.3 Å². The molecule has 0 saturated carbocycles. The summed E-state index contributed by atoms with van der Waals surface area (Å²) in [5.41, 5.74) is 0.462. The summed E-state index contributed by atoms with van der Waals surface area (Å²) in [6.45, 7) is -2.88. The lowest BCUT2D eigenvalue weighted by Crippen LogP contribution is -2.37. The Labute approximate surface area is 194 Å². The molecule has 0 saturated heterocycles. The first-order valence-corrected chi connectivity index (χ1v) is 10.4. The van der Waals surface area contributed by atoms with Gasteiger partial charge in [-0.25, -0.2) is 8.78 Å². The first kappa shape index (κ1) is 22.8. The third-order valence-corrected chi connectivity index (χ3v) is 6.10. The number of likely N-dealkylation sites (N-methyl/N-ethyl adjacent to an activating group) is 1. The molecule has 2 aromatic carbocycles. The van der Waals surface area contributed by atoms with Crippen LogP contribution in [0.3, 0.4) is 0 Å². The molecule has 1 aliphatic heterocycles. The number of aromatic nitrogens is 3. The normalized spacial score (nSPS) is 15.6. The number of hydrogen-bond acceptors (Lipinski definition) is 5. The van der Waals surface area contributed by atoms with Gasteiger partial charge in [-0.15, -0.1) is 0 Å². The van der Waals surface area contributed by atoms with Crippen molar-refractivity contribution in [3.63, 3.8) is 0 Å². The number of alkyl halides is 2. The fourth-order valence-corrected chi connectivity index (χ4v) is 4.44. The smallest absolute Gasteiger partial charge is 0.336 e. The van der Waals surface area contributed by atoms with Gasteiger partial charge in [-0.1, -0.05) is 0 Å². The molecule has 0 spiro atoms. The van der Waals surface area contributed by atoms with Crippen LogP contribution in [0.4, 0.5) is 17.6 Å². The van der Waals surface area contributed by atoms with Gasteiger partial charge in [-0.2, -0.15) is 18.6 Å². The molecule has 1 amide bonds. The van der Waals surface area contributed by atoms with Gasteiger partial charge in [-0.05, 0) is 35.7 Å². The first-order valence-electron chi connectivity index (χ1n) is 10.4. The quantitative estimate of drug-likeness (QED) is 0.439. The minimum absolute atomic E-state index is 0.0227. The maximum Gasteiger partial charge on any atom is 0.336 e. The van der Waals surface area contributed by atoms with Crippen molar-refractivity contribution in [3.05, 3.63) is 69.1 Å². The van der Waals surface area contributed by atoms with Crippen LogP contribution < -0.4 is 10.3 Å². The standard InChI is InChI=1S/C23H18F4N4O4/c1-30(21(33)10-3-4-11-16(5-10)29-31(23(26)27)22(11)34-2)18-9-35-8-17-19(18)12-6-14(24)15(25)7-13(12)20(32)28-17/h3-7,18,23H,8-9H2,1-2H3,(H,28,32)/t18-/m1/s1. The summed E-state index contributed by atoms with van der Waals surface area (Å²) in [4.78, 5) is 29.7. The van der Waals surface area contributed by atoms with E-state index in [4.69, 9.17) is 9.47 Å². The zero-order valence-corrected chi connectivity index (χ0v) is 18.4. The Morgan fingerprint density at radius 1 is 1.20 bits per heavy atom. The van der Waals surface area contributed by atoms with E-state index in [1.807, 2.05) is 0 Å². The van der Waals surface area contributed by atoms with E-state index in [-0.39, 0.29) is 40.9 Å². The molecular formula is C23H18F4N4O4. The van der Waals surface area contributed by atoms with Crippen molar-refractivity contribution in [2.45, 2.75) is 19.2 Å². The molecule has 5 rings (SSSR count). The van der Waals surface area contributed by atoms with Crippen molar-refractivity contribution < 1.29 is 31.8 Å². The van der Waals surface area contributed by atoms with Crippen LogP contribution in [0.2, 0.25) is 0 Å². The molecule has 1 N–H and O–H groups in total. The Hall–Kier alpha value is -3.93. The second-order valence-electron chi connectivity index (χ2n) is 8.07. The highest BCUT2D eigenvalue weighted by Crippen LogP contribution is 2.35. The molecule has 0 aliphatic carbocycles. The zero-order chi connectivity index (χ0) is 25.0. The molecule has 0 unspecified atom stereocenters. The van der Waals surface area contributed by atoms with Gasteiger partial charge in [0, 0.05) is 23.9 Å². The Morgan fingerprint density at radius 2 is 1.91 bits per heavy atom. The second-order valence-corrected chi connectivity index (χ2v) is 8.07. The van der Waals surface area contributed by atoms with Crippen LogP contribution in [0.25, 0.3) is 21.7 Å². The first-order chi connectivity index (χ1) is 16.7. The Bertz CT molecular complexity index is 1550. The van der Waals surface area contributed by atoms with Crippen LogP contribution in [-0.2, 0) is 11.3 Å². The van der Waals surface area contributed by atoms with Crippen molar-refractivity contribution in [2.75, 3.05) is 20.8 Å². The van der Waals surface area contributed by atoms with E-state index >= 15 is 0 Å². The second kappa shape index (κ2) is 8.38. The molecule has 1 atom stereocenters. The number of ether oxygens (including phenoxy) is 2. The number of rotatable bonds is 4. The maximum atomic E-state index is 14.1. The van der Waals surface area contributed by atoms with Crippen LogP contribution in [-0.4, -0.2) is 46.3 Å². The van der Waals surface area contributed by atoms with E-state index in [0.717, 1.165) is 12.1 Å². The molecule has 0 bridgehead atoms. The number of H-pyrrole nitrogens is 1. The van der Waals surface area contributed by atoms with Crippen molar-refractivity contribution >= 4 is 27.6 Å². The van der Waals surface area contributed by atoms with Crippen LogP contribution in [0.1, 0.15) is 34.2 Å². The third kappa shape index (κ3) is 3.60. The number of carbonyl (C=O) groups excluding carboxylic acids is 1. The van der Waals surface area contributed by atoms with Gasteiger partial charge in [0.25, 0.3) is 11.5 Å². The highest BCUT2D eigenvalue weighted by molar-refractivity contribution is 5.99. The summed E-state index contributed by atoms with van der Waals surface area (Å²) in [5, 5.41) is 4.26. The predicted molar refractivity (Wildman–Crippen MR) is 117 cm³/mol. The van der Waals surface area contributed by atoms with E-state index in [2.05, 4.69) is 10.1 Å². The van der Waals surface area contributed by atoms with Crippen molar-refractivity contribution in [3.8, 4) is 5.88 Å². The lowest BCUT2D eigenvalue weighted by Gasteiger charge is -2.34. The summed E-state index contributed by atoms with van der Waals surface area (Å²) in [6, 6.07) is 5.27. The van der Waals surface area contributed by atoms with Gasteiger partial charge in [0.15, 0.2) is 11.6 Å². The molecular weight excluding hydrogens is 472 g/mol. The minimum Gasteiger partial charge on any atom is -0.481 e. The largest absolute Gasteiger partial charge is 0.481 e. The molecule has 35 heavy (non-hydrogen) atoms. The van der Waals surface area contributed by atoms with Crippen LogP contribution in [0.15, 0.2) is 35.1 Å². The van der Waals surface area contributed by atoms with E-state index < -0.39 is 35.7 Å². The number of fused-ring (bicyclic) bond motifs is 4. The van der Waals surface area contributed by atoms with Crippen LogP contribution >= 0.6 is 0 Å². The molecule has 0 radical (unpaired) electrons. The van der Waals surface area contributed by atoms with Gasteiger partial charge in [0.2, 0.25) is 5.88 Å². The molecule has 2 aromatic heterocycles. The average molecular weight is 490 g/mol. The summed E-state index contributed by atoms with van der Waals surface area (Å²) < 4.78 is 65.5. The van der Waals surface area contributed by atoms with Crippen molar-refractivity contribution in [1.82, 2.24) is 19.7 Å². The topological polar surface area (TPSA) is 89.4 Å². The Balaban J connectivity index is 1.58. The number of benzene rings is 2. The van der Waals surface area contributed by atoms with E-state index in [0.29, 0.717) is 21.3 Å². The van der Waals surface area contributed by atoms with Gasteiger partial charge in [0.05, 0.1) is 42.7 Å². The summed E-state index contributed by atoms with van der Waals surface area (Å²) in [6.07, 6.45) is 0. The Kier molecular flexibility index (Phi) is 5.47. The number of nitrogens with zero attached hydrogens (tertiary/aromatic N) is 3. The minimum atomic E-state index is -2.93. The number of halogens is 4.